The fourth-order valence-electron chi connectivity index (χ4n) is 4.07. The van der Waals surface area contributed by atoms with Gasteiger partial charge in [0.05, 0.1) is 16.1 Å². The van der Waals surface area contributed by atoms with Gasteiger partial charge < -0.3 is 15.4 Å². The Morgan fingerprint density at radius 1 is 1.06 bits per heavy atom. The van der Waals surface area contributed by atoms with Crippen LogP contribution in [0.2, 0.25) is 10.0 Å². The van der Waals surface area contributed by atoms with Crippen LogP contribution < -0.4 is 10.0 Å². The fourth-order valence-corrected chi connectivity index (χ4v) is 6.58. The van der Waals surface area contributed by atoms with Crippen LogP contribution in [0, 0.1) is 5.41 Å². The van der Waals surface area contributed by atoms with E-state index in [4.69, 9.17) is 28.9 Å². The van der Waals surface area contributed by atoms with Gasteiger partial charge in [0, 0.05) is 39.6 Å². The first kappa shape index (κ1) is 25.8. The number of halogens is 2. The number of hydrogen-bond acceptors (Lipinski definition) is 5. The maximum absolute atomic E-state index is 13.9. The number of aromatic nitrogens is 2. The Labute approximate surface area is 218 Å². The summed E-state index contributed by atoms with van der Waals surface area (Å²) >= 11 is 12.2. The second-order valence-corrected chi connectivity index (χ2v) is 12.1. The van der Waals surface area contributed by atoms with Gasteiger partial charge in [-0.25, -0.2) is 18.2 Å². The van der Waals surface area contributed by atoms with E-state index in [0.29, 0.717) is 16.9 Å². The third-order valence-corrected chi connectivity index (χ3v) is 7.83. The number of carboxylic acid groups (broad SMARTS) is 1. The first-order valence-corrected chi connectivity index (χ1v) is 13.0. The van der Waals surface area contributed by atoms with Crippen LogP contribution in [0.25, 0.3) is 16.7 Å². The lowest BCUT2D eigenvalue weighted by Gasteiger charge is -2.37. The number of fused-ring (bicyclic) bond motifs is 1. The second-order valence-electron chi connectivity index (χ2n) is 9.39. The number of sulfonamides is 1. The molecule has 0 fully saturated rings. The summed E-state index contributed by atoms with van der Waals surface area (Å²) in [4.78, 5) is 16.6. The van der Waals surface area contributed by atoms with Gasteiger partial charge in [0.25, 0.3) is 10.0 Å². The highest BCUT2D eigenvalue weighted by molar-refractivity contribution is 7.93. The quantitative estimate of drug-likeness (QED) is 0.324. The van der Waals surface area contributed by atoms with E-state index in [-0.39, 0.29) is 20.6 Å². The highest BCUT2D eigenvalue weighted by atomic mass is 35.5. The Morgan fingerprint density at radius 3 is 2.31 bits per heavy atom. The number of hydrogen-bond donors (Lipinski definition) is 2. The highest BCUT2D eigenvalue weighted by Crippen LogP contribution is 2.37. The van der Waals surface area contributed by atoms with Gasteiger partial charge in [0.2, 0.25) is 0 Å². The van der Waals surface area contributed by atoms with E-state index < -0.39 is 27.4 Å². The first-order chi connectivity index (χ1) is 16.8. The molecule has 0 aliphatic carbocycles. The van der Waals surface area contributed by atoms with Crippen molar-refractivity contribution >= 4 is 61.5 Å². The predicted octanol–water partition coefficient (Wildman–Crippen LogP) is 5.61. The van der Waals surface area contributed by atoms with E-state index in [9.17, 15) is 18.3 Å². The van der Waals surface area contributed by atoms with E-state index in [1.54, 1.807) is 69.6 Å². The van der Waals surface area contributed by atoms with Crippen molar-refractivity contribution < 1.29 is 18.3 Å². The third-order valence-electron chi connectivity index (χ3n) is 5.63. The van der Waals surface area contributed by atoms with Crippen molar-refractivity contribution in [2.45, 2.75) is 31.7 Å². The van der Waals surface area contributed by atoms with Gasteiger partial charge in [-0.05, 0) is 53.9 Å². The Kier molecular flexibility index (Phi) is 6.68. The van der Waals surface area contributed by atoms with Crippen molar-refractivity contribution in [2.75, 3.05) is 10.0 Å². The third kappa shape index (κ3) is 4.86. The van der Waals surface area contributed by atoms with Crippen LogP contribution in [0.5, 0.6) is 0 Å². The summed E-state index contributed by atoms with van der Waals surface area (Å²) < 4.78 is 30.6. The summed E-state index contributed by atoms with van der Waals surface area (Å²) in [6.07, 6.45) is 3.38. The fraction of sp³-hybridized carbons (Fsp3) is 0.200. The molecule has 0 saturated carbocycles. The van der Waals surface area contributed by atoms with Crippen LogP contribution in [0.3, 0.4) is 0 Å². The highest BCUT2D eigenvalue weighted by Gasteiger charge is 2.43. The minimum Gasteiger partial charge on any atom is -0.480 e. The van der Waals surface area contributed by atoms with Crippen LogP contribution in [0.1, 0.15) is 20.8 Å². The van der Waals surface area contributed by atoms with Gasteiger partial charge in [-0.3, -0.25) is 4.31 Å². The van der Waals surface area contributed by atoms with Crippen molar-refractivity contribution in [2.24, 2.45) is 5.41 Å². The molecule has 1 unspecified atom stereocenters. The smallest absolute Gasteiger partial charge is 0.328 e. The molecule has 0 amide bonds. The second kappa shape index (κ2) is 9.31. The maximum Gasteiger partial charge on any atom is 0.328 e. The number of pyridine rings is 1. The van der Waals surface area contributed by atoms with Crippen molar-refractivity contribution in [1.82, 2.24) is 9.55 Å². The standard InChI is InChI=1S/C25H24Cl2N4O4S/c1-25(2,3)23(24(32)33)31(36(34,35)20-12-16(26)11-17(27)13-20)19-4-5-21-15(10-19)7-9-30(21)22-14-18(28)6-8-29-22/h4-14,23H,1-3H3,(H2,28,29)(H,32,33). The SMILES string of the molecule is CC(C)(C)C(C(=O)O)N(c1ccc2c(ccn2-c2cc(N)ccn2)c1)S(=O)(=O)c1cc(Cl)cc(Cl)c1. The molecule has 3 N–H and O–H groups in total. The monoisotopic (exact) mass is 546 g/mol. The molecular weight excluding hydrogens is 523 g/mol. The normalized spacial score (nSPS) is 13.0. The van der Waals surface area contributed by atoms with Crippen molar-refractivity contribution in [1.29, 1.82) is 0 Å². The van der Waals surface area contributed by atoms with Gasteiger partial charge in [-0.2, -0.15) is 0 Å². The molecule has 0 saturated heterocycles. The Morgan fingerprint density at radius 2 is 1.72 bits per heavy atom. The van der Waals surface area contributed by atoms with Gasteiger partial charge in [0.15, 0.2) is 0 Å². The number of carboxylic acids is 1. The Hall–Kier alpha value is -3.27. The molecule has 0 spiro atoms. The lowest BCUT2D eigenvalue weighted by molar-refractivity contribution is -0.140. The molecule has 4 rings (SSSR count). The summed E-state index contributed by atoms with van der Waals surface area (Å²) in [6.45, 7) is 5.00. The van der Waals surface area contributed by atoms with Gasteiger partial charge in [-0.1, -0.05) is 44.0 Å². The molecular formula is C25H24Cl2N4O4S. The molecule has 2 heterocycles. The Bertz CT molecular complexity index is 1560. The van der Waals surface area contributed by atoms with Gasteiger partial charge >= 0.3 is 5.97 Å². The summed E-state index contributed by atoms with van der Waals surface area (Å²) in [5.41, 5.74) is 6.40. The number of carbonyl (C=O) groups is 1. The maximum atomic E-state index is 13.9. The minimum absolute atomic E-state index is 0.117. The summed E-state index contributed by atoms with van der Waals surface area (Å²) in [7, 11) is -4.40. The molecule has 11 heteroatoms. The molecule has 2 aromatic carbocycles. The minimum atomic E-state index is -4.40. The summed E-state index contributed by atoms with van der Waals surface area (Å²) in [5.74, 6) is -0.699. The molecule has 188 valence electrons. The molecule has 2 aromatic heterocycles. The number of aliphatic carboxylic acids is 1. The van der Waals surface area contributed by atoms with E-state index >= 15 is 0 Å². The molecule has 0 aliphatic heterocycles. The molecule has 4 aromatic rings. The molecule has 8 nitrogen and oxygen atoms in total. The van der Waals surface area contributed by atoms with E-state index in [2.05, 4.69) is 4.98 Å². The van der Waals surface area contributed by atoms with E-state index in [1.807, 2.05) is 4.57 Å². The molecule has 0 bridgehead atoms. The number of nitrogens with zero attached hydrogens (tertiary/aromatic N) is 3. The van der Waals surface area contributed by atoms with E-state index in [1.165, 1.54) is 18.2 Å². The molecule has 0 radical (unpaired) electrons. The molecule has 0 aliphatic rings. The summed E-state index contributed by atoms with van der Waals surface area (Å²) in [6, 6.07) is 12.6. The summed E-state index contributed by atoms with van der Waals surface area (Å²) in [5, 5.41) is 11.1. The van der Waals surface area contributed by atoms with Crippen LogP contribution in [0.15, 0.2) is 71.9 Å². The van der Waals surface area contributed by atoms with Crippen molar-refractivity contribution in [3.05, 3.63) is 77.0 Å². The zero-order chi connectivity index (χ0) is 26.4. The lowest BCUT2D eigenvalue weighted by atomic mass is 9.86. The number of benzene rings is 2. The topological polar surface area (TPSA) is 119 Å². The number of anilines is 2. The first-order valence-electron chi connectivity index (χ1n) is 10.9. The Balaban J connectivity index is 1.94. The number of nitrogen functional groups attached to an aromatic ring is 1. The zero-order valence-corrected chi connectivity index (χ0v) is 22.0. The van der Waals surface area contributed by atoms with Gasteiger partial charge in [-0.15, -0.1) is 0 Å². The van der Waals surface area contributed by atoms with Crippen molar-refractivity contribution in [3.63, 3.8) is 0 Å². The van der Waals surface area contributed by atoms with Gasteiger partial charge in [0.1, 0.15) is 11.9 Å². The van der Waals surface area contributed by atoms with Crippen LogP contribution in [-0.4, -0.2) is 35.1 Å². The van der Waals surface area contributed by atoms with Crippen LogP contribution >= 0.6 is 23.2 Å². The van der Waals surface area contributed by atoms with Crippen LogP contribution in [0.4, 0.5) is 11.4 Å². The largest absolute Gasteiger partial charge is 0.480 e. The van der Waals surface area contributed by atoms with Crippen LogP contribution in [-0.2, 0) is 14.8 Å². The number of rotatable bonds is 6. The van der Waals surface area contributed by atoms with E-state index in [0.717, 1.165) is 9.82 Å². The number of nitrogens with two attached hydrogens (primary N) is 1. The average Bonchev–Trinajstić information content (AvgIpc) is 3.18. The predicted molar refractivity (Wildman–Crippen MR) is 142 cm³/mol. The lowest BCUT2D eigenvalue weighted by Crippen LogP contribution is -2.52. The zero-order valence-electron chi connectivity index (χ0n) is 19.7. The molecule has 1 atom stereocenters. The molecule has 36 heavy (non-hydrogen) atoms. The average molecular weight is 547 g/mol. The van der Waals surface area contributed by atoms with Crippen molar-refractivity contribution in [3.8, 4) is 5.82 Å².